The van der Waals surface area contributed by atoms with Gasteiger partial charge in [0.25, 0.3) is 0 Å². The summed E-state index contributed by atoms with van der Waals surface area (Å²) in [5.41, 5.74) is 7.13. The second kappa shape index (κ2) is 15.4. The van der Waals surface area contributed by atoms with Crippen molar-refractivity contribution in [2.24, 2.45) is 0 Å². The molecule has 0 bridgehead atoms. The molecule has 4 rings (SSSR count). The van der Waals surface area contributed by atoms with Gasteiger partial charge in [-0.3, -0.25) is 9.97 Å². The average Bonchev–Trinajstić information content (AvgIpc) is 2.99. The van der Waals surface area contributed by atoms with Gasteiger partial charge in [-0.05, 0) is 60.4 Å². The monoisotopic (exact) mass is 535 g/mol. The second-order valence-electron chi connectivity index (χ2n) is 11.8. The predicted molar refractivity (Wildman–Crippen MR) is 169 cm³/mol. The molecule has 0 atom stereocenters. The number of hydrogen-bond acceptors (Lipinski definition) is 3. The molecule has 0 unspecified atom stereocenters. The zero-order chi connectivity index (χ0) is 28.0. The first-order valence-electron chi connectivity index (χ1n) is 15.3. The quantitative estimate of drug-likeness (QED) is 0.106. The molecule has 40 heavy (non-hydrogen) atoms. The minimum Gasteiger partial charge on any atom is -0.325 e. The predicted octanol–water partition coefficient (Wildman–Crippen LogP) is 9.37. The Balaban J connectivity index is 1.35. The molecule has 0 saturated carbocycles. The minimum atomic E-state index is 0.858. The van der Waals surface area contributed by atoms with Crippen molar-refractivity contribution < 1.29 is 4.48 Å². The van der Waals surface area contributed by atoms with E-state index in [1.807, 2.05) is 48.8 Å². The Hall–Kier alpha value is -3.37. The molecule has 0 saturated heterocycles. The zero-order valence-electron chi connectivity index (χ0n) is 24.9. The van der Waals surface area contributed by atoms with Gasteiger partial charge in [0, 0.05) is 18.0 Å². The number of aromatic nitrogens is 3. The Labute approximate surface area is 242 Å². The first-order chi connectivity index (χ1) is 19.5. The Kier molecular flexibility index (Phi) is 11.4. The Morgan fingerprint density at radius 1 is 0.550 bits per heavy atom. The number of rotatable bonds is 16. The average molecular weight is 536 g/mol. The van der Waals surface area contributed by atoms with Crippen molar-refractivity contribution in [2.45, 2.75) is 77.7 Å². The van der Waals surface area contributed by atoms with Crippen LogP contribution in [-0.4, -0.2) is 40.1 Å². The molecular weight excluding hydrogens is 488 g/mol. The standard InChI is InChI=1S/C36H47N4/c1-4-5-6-7-8-9-10-11-12-17-26-40(2,3)29-30-20-22-31(23-21-30)32-27-35(33-18-13-15-24-37-33)39-36(28-32)34-19-14-16-25-38-34/h13-16,18-25,27-28H,4-12,17,26,29H2,1-3H3/q+1. The first kappa shape index (κ1) is 29.6. The van der Waals surface area contributed by atoms with E-state index >= 15 is 0 Å². The van der Waals surface area contributed by atoms with Gasteiger partial charge in [0.05, 0.1) is 43.4 Å². The Bertz CT molecular complexity index is 1210. The summed E-state index contributed by atoms with van der Waals surface area (Å²) < 4.78 is 1.03. The van der Waals surface area contributed by atoms with E-state index in [9.17, 15) is 0 Å². The van der Waals surface area contributed by atoms with Gasteiger partial charge in [-0.15, -0.1) is 0 Å². The highest BCUT2D eigenvalue weighted by atomic mass is 15.3. The summed E-state index contributed by atoms with van der Waals surface area (Å²) in [7, 11) is 4.73. The van der Waals surface area contributed by atoms with Crippen LogP contribution in [0.2, 0.25) is 0 Å². The molecule has 3 aromatic heterocycles. The van der Waals surface area contributed by atoms with Crippen molar-refractivity contribution in [3.63, 3.8) is 0 Å². The molecule has 4 aromatic rings. The minimum absolute atomic E-state index is 0.858. The first-order valence-corrected chi connectivity index (χ1v) is 15.3. The number of nitrogens with zero attached hydrogens (tertiary/aromatic N) is 4. The summed E-state index contributed by atoms with van der Waals surface area (Å²) in [6, 6.07) is 25.2. The van der Waals surface area contributed by atoms with E-state index in [0.717, 1.165) is 39.4 Å². The lowest BCUT2D eigenvalue weighted by atomic mass is 10.0. The third kappa shape index (κ3) is 9.38. The topological polar surface area (TPSA) is 38.7 Å². The van der Waals surface area contributed by atoms with Crippen LogP contribution in [0.4, 0.5) is 0 Å². The zero-order valence-corrected chi connectivity index (χ0v) is 24.9. The molecule has 0 aliphatic carbocycles. The molecule has 0 fully saturated rings. The summed E-state index contributed by atoms with van der Waals surface area (Å²) in [4.78, 5) is 14.0. The molecule has 4 heteroatoms. The van der Waals surface area contributed by atoms with Crippen LogP contribution in [0, 0.1) is 0 Å². The molecule has 0 amide bonds. The van der Waals surface area contributed by atoms with E-state index < -0.39 is 0 Å². The van der Waals surface area contributed by atoms with Crippen LogP contribution in [0.5, 0.6) is 0 Å². The summed E-state index contributed by atoms with van der Waals surface area (Å²) in [5, 5.41) is 0. The number of quaternary nitrogens is 1. The van der Waals surface area contributed by atoms with Crippen molar-refractivity contribution in [1.82, 2.24) is 15.0 Å². The van der Waals surface area contributed by atoms with Crippen molar-refractivity contribution in [3.05, 3.63) is 90.8 Å². The Morgan fingerprint density at radius 3 is 1.57 bits per heavy atom. The Morgan fingerprint density at radius 2 is 1.07 bits per heavy atom. The van der Waals surface area contributed by atoms with Gasteiger partial charge in [0.2, 0.25) is 0 Å². The smallest absolute Gasteiger partial charge is 0.104 e. The van der Waals surface area contributed by atoms with Crippen LogP contribution in [0.15, 0.2) is 85.2 Å². The molecule has 0 aliphatic rings. The SMILES string of the molecule is CCCCCCCCCCCC[N+](C)(C)Cc1ccc(-c2cc(-c3ccccn3)nc(-c3ccccn3)c2)cc1. The lowest BCUT2D eigenvalue weighted by molar-refractivity contribution is -0.903. The van der Waals surface area contributed by atoms with Crippen LogP contribution in [0.3, 0.4) is 0 Å². The third-order valence-electron chi connectivity index (χ3n) is 7.69. The summed E-state index contributed by atoms with van der Waals surface area (Å²) in [6.07, 6.45) is 17.5. The molecule has 4 nitrogen and oxygen atoms in total. The molecule has 0 spiro atoms. The molecule has 210 valence electrons. The number of hydrogen-bond donors (Lipinski definition) is 0. The van der Waals surface area contributed by atoms with Crippen molar-refractivity contribution in [1.29, 1.82) is 0 Å². The lowest BCUT2D eigenvalue weighted by Crippen LogP contribution is -2.39. The summed E-state index contributed by atoms with van der Waals surface area (Å²) in [6.45, 7) is 4.56. The molecule has 3 heterocycles. The number of unbranched alkanes of at least 4 members (excludes halogenated alkanes) is 9. The van der Waals surface area contributed by atoms with Gasteiger partial charge in [0.1, 0.15) is 6.54 Å². The van der Waals surface area contributed by atoms with E-state index in [1.54, 1.807) is 0 Å². The second-order valence-corrected chi connectivity index (χ2v) is 11.8. The normalized spacial score (nSPS) is 11.6. The maximum absolute atomic E-state index is 4.90. The van der Waals surface area contributed by atoms with E-state index in [1.165, 1.54) is 81.9 Å². The summed E-state index contributed by atoms with van der Waals surface area (Å²) >= 11 is 0. The molecule has 0 radical (unpaired) electrons. The molecular formula is C36H47N4+. The maximum atomic E-state index is 4.90. The van der Waals surface area contributed by atoms with Gasteiger partial charge in [0.15, 0.2) is 0 Å². The van der Waals surface area contributed by atoms with Crippen LogP contribution in [-0.2, 0) is 6.54 Å². The van der Waals surface area contributed by atoms with Crippen LogP contribution in [0.1, 0.15) is 76.7 Å². The van der Waals surface area contributed by atoms with Gasteiger partial charge in [-0.25, -0.2) is 4.98 Å². The van der Waals surface area contributed by atoms with Crippen LogP contribution < -0.4 is 0 Å². The van der Waals surface area contributed by atoms with E-state index in [2.05, 4.69) is 67.4 Å². The molecule has 0 aliphatic heterocycles. The van der Waals surface area contributed by atoms with Gasteiger partial charge in [-0.1, -0.05) is 94.7 Å². The molecule has 1 aromatic carbocycles. The van der Waals surface area contributed by atoms with Gasteiger partial charge >= 0.3 is 0 Å². The van der Waals surface area contributed by atoms with E-state index in [4.69, 9.17) is 4.98 Å². The fourth-order valence-corrected chi connectivity index (χ4v) is 5.39. The number of benzene rings is 1. The van der Waals surface area contributed by atoms with E-state index in [-0.39, 0.29) is 0 Å². The molecule has 0 N–H and O–H groups in total. The van der Waals surface area contributed by atoms with Crippen molar-refractivity contribution >= 4 is 0 Å². The maximum Gasteiger partial charge on any atom is 0.104 e. The highest BCUT2D eigenvalue weighted by Gasteiger charge is 2.16. The van der Waals surface area contributed by atoms with Crippen LogP contribution >= 0.6 is 0 Å². The highest BCUT2D eigenvalue weighted by molar-refractivity contribution is 5.74. The van der Waals surface area contributed by atoms with Crippen molar-refractivity contribution in [3.8, 4) is 33.9 Å². The van der Waals surface area contributed by atoms with Gasteiger partial charge < -0.3 is 4.48 Å². The summed E-state index contributed by atoms with van der Waals surface area (Å²) in [5.74, 6) is 0. The third-order valence-corrected chi connectivity index (χ3v) is 7.69. The van der Waals surface area contributed by atoms with Crippen LogP contribution in [0.25, 0.3) is 33.9 Å². The van der Waals surface area contributed by atoms with Crippen molar-refractivity contribution in [2.75, 3.05) is 20.6 Å². The fourth-order valence-electron chi connectivity index (χ4n) is 5.39. The fraction of sp³-hybridized carbons (Fsp3) is 0.417. The van der Waals surface area contributed by atoms with E-state index in [0.29, 0.717) is 0 Å². The lowest BCUT2D eigenvalue weighted by Gasteiger charge is -2.30. The highest BCUT2D eigenvalue weighted by Crippen LogP contribution is 2.29. The number of pyridine rings is 3. The van der Waals surface area contributed by atoms with Gasteiger partial charge in [-0.2, -0.15) is 0 Å². The largest absolute Gasteiger partial charge is 0.325 e.